The molecule has 176 valence electrons. The molecule has 2 aromatic heterocycles. The number of benzene rings is 1. The SMILES string of the molecule is CCCc1nccn1CCCCCCO.OCCOCCn1ccnc1-c1ccccc1. The number of imidazole rings is 2. The van der Waals surface area contributed by atoms with Gasteiger partial charge in [0.15, 0.2) is 0 Å². The first kappa shape index (κ1) is 25.8. The quantitative estimate of drug-likeness (QED) is 0.369. The van der Waals surface area contributed by atoms with Crippen LogP contribution < -0.4 is 0 Å². The number of unbranched alkanes of at least 4 members (excludes halogenated alkanes) is 3. The van der Waals surface area contributed by atoms with Crippen LogP contribution >= 0.6 is 0 Å². The van der Waals surface area contributed by atoms with E-state index in [1.165, 1.54) is 18.7 Å². The number of rotatable bonds is 14. The highest BCUT2D eigenvalue weighted by Crippen LogP contribution is 2.16. The highest BCUT2D eigenvalue weighted by atomic mass is 16.5. The van der Waals surface area contributed by atoms with Crippen molar-refractivity contribution in [3.63, 3.8) is 0 Å². The zero-order valence-electron chi connectivity index (χ0n) is 19.3. The number of aromatic nitrogens is 4. The topological polar surface area (TPSA) is 85.3 Å². The molecule has 2 heterocycles. The maximum Gasteiger partial charge on any atom is 0.139 e. The average molecular weight is 443 g/mol. The number of aliphatic hydroxyl groups excluding tert-OH is 2. The molecule has 3 rings (SSSR count). The van der Waals surface area contributed by atoms with E-state index in [-0.39, 0.29) is 6.61 Å². The third-order valence-corrected chi connectivity index (χ3v) is 5.04. The van der Waals surface area contributed by atoms with E-state index in [0.717, 1.165) is 50.2 Å². The van der Waals surface area contributed by atoms with E-state index in [1.807, 2.05) is 47.3 Å². The molecular weight excluding hydrogens is 404 g/mol. The summed E-state index contributed by atoms with van der Waals surface area (Å²) < 4.78 is 9.55. The first-order valence-electron chi connectivity index (χ1n) is 11.7. The maximum absolute atomic E-state index is 8.65. The molecule has 0 saturated heterocycles. The number of ether oxygens (including phenoxy) is 1. The Morgan fingerprint density at radius 1 is 0.812 bits per heavy atom. The number of hydrogen-bond donors (Lipinski definition) is 2. The van der Waals surface area contributed by atoms with Crippen molar-refractivity contribution in [3.8, 4) is 11.4 Å². The third kappa shape index (κ3) is 9.34. The van der Waals surface area contributed by atoms with Gasteiger partial charge in [-0.05, 0) is 19.3 Å². The molecule has 1 aromatic carbocycles. The highest BCUT2D eigenvalue weighted by molar-refractivity contribution is 5.55. The van der Waals surface area contributed by atoms with E-state index < -0.39 is 0 Å². The lowest BCUT2D eigenvalue weighted by Gasteiger charge is -2.08. The Morgan fingerprint density at radius 3 is 2.31 bits per heavy atom. The van der Waals surface area contributed by atoms with Gasteiger partial charge in [-0.3, -0.25) is 0 Å². The van der Waals surface area contributed by atoms with Gasteiger partial charge in [0.1, 0.15) is 11.6 Å². The molecule has 0 aliphatic carbocycles. The summed E-state index contributed by atoms with van der Waals surface area (Å²) in [5.41, 5.74) is 1.10. The largest absolute Gasteiger partial charge is 0.396 e. The first-order valence-corrected chi connectivity index (χ1v) is 11.7. The molecule has 32 heavy (non-hydrogen) atoms. The normalized spacial score (nSPS) is 10.7. The van der Waals surface area contributed by atoms with Crippen LogP contribution in [0.1, 0.15) is 44.9 Å². The van der Waals surface area contributed by atoms with Crippen LogP contribution in [0.2, 0.25) is 0 Å². The molecular formula is C25H38N4O3. The van der Waals surface area contributed by atoms with Gasteiger partial charge < -0.3 is 24.1 Å². The van der Waals surface area contributed by atoms with Crippen molar-refractivity contribution in [2.45, 2.75) is 58.5 Å². The standard InChI is InChI=1S/C13H16N2O2.C12H22N2O/c16-9-11-17-10-8-15-7-6-14-13(15)12-4-2-1-3-5-12;1-2-7-12-13-8-10-14(12)9-5-3-4-6-11-15/h1-7,16H,8-11H2;8,10,15H,2-7,9,11H2,1H3. The van der Waals surface area contributed by atoms with E-state index in [9.17, 15) is 0 Å². The van der Waals surface area contributed by atoms with E-state index >= 15 is 0 Å². The van der Waals surface area contributed by atoms with Gasteiger partial charge in [-0.2, -0.15) is 0 Å². The summed E-state index contributed by atoms with van der Waals surface area (Å²) in [7, 11) is 0. The first-order chi connectivity index (χ1) is 15.8. The summed E-state index contributed by atoms with van der Waals surface area (Å²) in [6.45, 7) is 5.35. The Labute approximate surface area is 191 Å². The lowest BCUT2D eigenvalue weighted by atomic mass is 10.2. The minimum absolute atomic E-state index is 0.0650. The lowest BCUT2D eigenvalue weighted by Crippen LogP contribution is -2.08. The molecule has 0 spiro atoms. The van der Waals surface area contributed by atoms with Crippen molar-refractivity contribution < 1.29 is 14.9 Å². The zero-order chi connectivity index (χ0) is 22.9. The fraction of sp³-hybridized carbons (Fsp3) is 0.520. The van der Waals surface area contributed by atoms with Gasteiger partial charge in [0.2, 0.25) is 0 Å². The van der Waals surface area contributed by atoms with E-state index in [4.69, 9.17) is 14.9 Å². The van der Waals surface area contributed by atoms with Crippen LogP contribution in [0.3, 0.4) is 0 Å². The van der Waals surface area contributed by atoms with Gasteiger partial charge in [-0.1, -0.05) is 50.1 Å². The van der Waals surface area contributed by atoms with E-state index in [2.05, 4.69) is 27.7 Å². The minimum Gasteiger partial charge on any atom is -0.396 e. The zero-order valence-corrected chi connectivity index (χ0v) is 19.3. The maximum atomic E-state index is 8.65. The molecule has 0 fully saturated rings. The lowest BCUT2D eigenvalue weighted by molar-refractivity contribution is 0.0872. The molecule has 3 aromatic rings. The van der Waals surface area contributed by atoms with Gasteiger partial charge in [0, 0.05) is 56.5 Å². The summed E-state index contributed by atoms with van der Waals surface area (Å²) in [5, 5.41) is 17.3. The Bertz CT molecular complexity index is 833. The second-order valence-corrected chi connectivity index (χ2v) is 7.57. The summed E-state index contributed by atoms with van der Waals surface area (Å²) in [4.78, 5) is 8.69. The van der Waals surface area contributed by atoms with Crippen molar-refractivity contribution in [2.75, 3.05) is 26.4 Å². The molecule has 0 radical (unpaired) electrons. The fourth-order valence-corrected chi connectivity index (χ4v) is 3.41. The van der Waals surface area contributed by atoms with Crippen molar-refractivity contribution >= 4 is 0 Å². The predicted molar refractivity (Wildman–Crippen MR) is 127 cm³/mol. The number of aliphatic hydroxyl groups is 2. The van der Waals surface area contributed by atoms with Crippen LogP contribution in [-0.4, -0.2) is 55.7 Å². The Hall–Kier alpha value is -2.48. The van der Waals surface area contributed by atoms with Crippen LogP contribution in [-0.2, 0) is 24.2 Å². The van der Waals surface area contributed by atoms with Gasteiger partial charge in [0.25, 0.3) is 0 Å². The van der Waals surface area contributed by atoms with Crippen molar-refractivity contribution in [1.82, 2.24) is 19.1 Å². The fourth-order valence-electron chi connectivity index (χ4n) is 3.41. The Kier molecular flexibility index (Phi) is 13.0. The third-order valence-electron chi connectivity index (χ3n) is 5.04. The van der Waals surface area contributed by atoms with Crippen molar-refractivity contribution in [1.29, 1.82) is 0 Å². The van der Waals surface area contributed by atoms with Crippen LogP contribution in [0.4, 0.5) is 0 Å². The Morgan fingerprint density at radius 2 is 1.56 bits per heavy atom. The molecule has 0 aliphatic heterocycles. The van der Waals surface area contributed by atoms with Crippen LogP contribution in [0, 0.1) is 0 Å². The summed E-state index contributed by atoms with van der Waals surface area (Å²) >= 11 is 0. The van der Waals surface area contributed by atoms with Crippen molar-refractivity contribution in [2.24, 2.45) is 0 Å². The van der Waals surface area contributed by atoms with Gasteiger partial charge in [-0.15, -0.1) is 0 Å². The van der Waals surface area contributed by atoms with E-state index in [0.29, 0.717) is 19.8 Å². The molecule has 0 unspecified atom stereocenters. The second-order valence-electron chi connectivity index (χ2n) is 7.57. The summed E-state index contributed by atoms with van der Waals surface area (Å²) in [6, 6.07) is 10.1. The van der Waals surface area contributed by atoms with E-state index in [1.54, 1.807) is 6.20 Å². The van der Waals surface area contributed by atoms with Crippen LogP contribution in [0.5, 0.6) is 0 Å². The predicted octanol–water partition coefficient (Wildman–Crippen LogP) is 3.95. The summed E-state index contributed by atoms with van der Waals surface area (Å²) in [5.74, 6) is 2.15. The highest BCUT2D eigenvalue weighted by Gasteiger charge is 2.04. The molecule has 2 N–H and O–H groups in total. The van der Waals surface area contributed by atoms with Gasteiger partial charge in [-0.25, -0.2) is 9.97 Å². The summed E-state index contributed by atoms with van der Waals surface area (Å²) in [6.07, 6.45) is 14.4. The van der Waals surface area contributed by atoms with Gasteiger partial charge in [0.05, 0.1) is 19.8 Å². The molecule has 7 heteroatoms. The van der Waals surface area contributed by atoms with Crippen LogP contribution in [0.25, 0.3) is 11.4 Å². The molecule has 0 bridgehead atoms. The van der Waals surface area contributed by atoms with Crippen molar-refractivity contribution in [3.05, 3.63) is 60.9 Å². The monoisotopic (exact) mass is 442 g/mol. The minimum atomic E-state index is 0.0650. The molecule has 0 amide bonds. The average Bonchev–Trinajstić information content (AvgIpc) is 3.47. The number of nitrogens with zero attached hydrogens (tertiary/aromatic N) is 4. The molecule has 0 aliphatic rings. The molecule has 0 atom stereocenters. The van der Waals surface area contributed by atoms with Gasteiger partial charge >= 0.3 is 0 Å². The second kappa shape index (κ2) is 16.2. The molecule has 7 nitrogen and oxygen atoms in total. The number of aryl methyl sites for hydroxylation is 2. The molecule has 0 saturated carbocycles. The number of hydrogen-bond acceptors (Lipinski definition) is 5. The van der Waals surface area contributed by atoms with Crippen LogP contribution in [0.15, 0.2) is 55.1 Å². The Balaban J connectivity index is 0.000000229. The smallest absolute Gasteiger partial charge is 0.139 e.